The second-order valence-corrected chi connectivity index (χ2v) is 2.46. The fourth-order valence-electron chi connectivity index (χ4n) is 0.0833. The van der Waals surface area contributed by atoms with Crippen LogP contribution in [0.1, 0.15) is 27.2 Å². The maximum absolute atomic E-state index is 10.1. The average Bonchev–Trinajstić information content (AvgIpc) is 1.68. The zero-order valence-corrected chi connectivity index (χ0v) is 5.19. The third kappa shape index (κ3) is 4.43. The van der Waals surface area contributed by atoms with Gasteiger partial charge in [-0.25, -0.2) is 0 Å². The molecule has 0 aromatic carbocycles. The van der Waals surface area contributed by atoms with E-state index in [4.69, 9.17) is 0 Å². The SMILES string of the molecule is CCC(C)(C)C=O.[LiH]. The Morgan fingerprint density at radius 2 is 1.88 bits per heavy atom. The summed E-state index contributed by atoms with van der Waals surface area (Å²) in [6.45, 7) is 5.87. The van der Waals surface area contributed by atoms with Gasteiger partial charge in [-0.2, -0.15) is 0 Å². The summed E-state index contributed by atoms with van der Waals surface area (Å²) in [5.74, 6) is 0. The Kier molecular flexibility index (Phi) is 5.80. The Bertz CT molecular complexity index is 68.9. The zero-order valence-electron chi connectivity index (χ0n) is 5.19. The van der Waals surface area contributed by atoms with Gasteiger partial charge in [-0.15, -0.1) is 0 Å². The number of aldehydes is 1. The Morgan fingerprint density at radius 1 is 1.50 bits per heavy atom. The molecule has 0 aliphatic rings. The first-order valence-electron chi connectivity index (χ1n) is 2.59. The van der Waals surface area contributed by atoms with Crippen LogP contribution in [0.2, 0.25) is 0 Å². The van der Waals surface area contributed by atoms with E-state index >= 15 is 0 Å². The van der Waals surface area contributed by atoms with Crippen LogP contribution in [0.3, 0.4) is 0 Å². The van der Waals surface area contributed by atoms with Crippen LogP contribution >= 0.6 is 0 Å². The minimum absolute atomic E-state index is 0. The van der Waals surface area contributed by atoms with Gasteiger partial charge in [-0.05, 0) is 6.42 Å². The summed E-state index contributed by atoms with van der Waals surface area (Å²) < 4.78 is 0. The monoisotopic (exact) mass is 108 g/mol. The predicted octanol–water partition coefficient (Wildman–Crippen LogP) is 0.973. The van der Waals surface area contributed by atoms with Crippen molar-refractivity contribution in [1.82, 2.24) is 0 Å². The molecule has 0 bridgehead atoms. The van der Waals surface area contributed by atoms with Crippen LogP contribution in [0.4, 0.5) is 0 Å². The van der Waals surface area contributed by atoms with Crippen molar-refractivity contribution in [3.63, 3.8) is 0 Å². The molecule has 0 aromatic rings. The van der Waals surface area contributed by atoms with E-state index in [2.05, 4.69) is 0 Å². The van der Waals surface area contributed by atoms with Crippen molar-refractivity contribution in [2.75, 3.05) is 0 Å². The summed E-state index contributed by atoms with van der Waals surface area (Å²) in [6, 6.07) is 0. The molecule has 0 saturated carbocycles. The molecule has 0 N–H and O–H groups in total. The van der Waals surface area contributed by atoms with Crippen molar-refractivity contribution in [2.45, 2.75) is 27.2 Å². The number of carbonyl (C=O) groups is 1. The molecule has 0 spiro atoms. The topological polar surface area (TPSA) is 17.1 Å². The van der Waals surface area contributed by atoms with Crippen molar-refractivity contribution in [2.24, 2.45) is 5.41 Å². The zero-order chi connectivity index (χ0) is 5.91. The number of carbonyl (C=O) groups excluding carboxylic acids is 1. The van der Waals surface area contributed by atoms with E-state index in [9.17, 15) is 4.79 Å². The molecule has 0 amide bonds. The van der Waals surface area contributed by atoms with Gasteiger partial charge >= 0.3 is 18.9 Å². The van der Waals surface area contributed by atoms with Gasteiger partial charge in [-0.3, -0.25) is 0 Å². The molecular weight excluding hydrogens is 95.0 g/mol. The summed E-state index contributed by atoms with van der Waals surface area (Å²) in [5.41, 5.74) is -0.0972. The first-order valence-corrected chi connectivity index (χ1v) is 2.59. The van der Waals surface area contributed by atoms with Crippen molar-refractivity contribution >= 4 is 25.1 Å². The minimum atomic E-state index is -0.0972. The molecule has 0 unspecified atom stereocenters. The van der Waals surface area contributed by atoms with E-state index in [1.54, 1.807) is 0 Å². The first-order chi connectivity index (χ1) is 3.12. The molecular formula is C6H13LiO. The van der Waals surface area contributed by atoms with E-state index in [0.717, 1.165) is 12.7 Å². The van der Waals surface area contributed by atoms with Gasteiger partial charge in [0.25, 0.3) is 0 Å². The molecule has 8 heavy (non-hydrogen) atoms. The molecule has 0 aliphatic heterocycles. The van der Waals surface area contributed by atoms with Crippen LogP contribution in [0.25, 0.3) is 0 Å². The molecule has 0 saturated heterocycles. The van der Waals surface area contributed by atoms with Crippen LogP contribution < -0.4 is 0 Å². The molecule has 0 rings (SSSR count). The van der Waals surface area contributed by atoms with Gasteiger partial charge in [-0.1, -0.05) is 20.8 Å². The fraction of sp³-hybridized carbons (Fsp3) is 0.833. The van der Waals surface area contributed by atoms with Crippen LogP contribution in [0, 0.1) is 5.41 Å². The van der Waals surface area contributed by atoms with Crippen LogP contribution in [-0.2, 0) is 4.79 Å². The summed E-state index contributed by atoms with van der Waals surface area (Å²) in [5, 5.41) is 0. The molecule has 0 aliphatic carbocycles. The summed E-state index contributed by atoms with van der Waals surface area (Å²) in [4.78, 5) is 10.1. The summed E-state index contributed by atoms with van der Waals surface area (Å²) >= 11 is 0. The summed E-state index contributed by atoms with van der Waals surface area (Å²) in [6.07, 6.45) is 1.92. The fourth-order valence-corrected chi connectivity index (χ4v) is 0.0833. The molecule has 0 radical (unpaired) electrons. The molecule has 0 fully saturated rings. The van der Waals surface area contributed by atoms with E-state index in [-0.39, 0.29) is 24.3 Å². The van der Waals surface area contributed by atoms with E-state index < -0.39 is 0 Å². The Balaban J connectivity index is 0. The Hall–Kier alpha value is 0.267. The van der Waals surface area contributed by atoms with Gasteiger partial charge in [0.05, 0.1) is 0 Å². The number of hydrogen-bond acceptors (Lipinski definition) is 1. The van der Waals surface area contributed by atoms with Gasteiger partial charge in [0.15, 0.2) is 0 Å². The third-order valence-corrected chi connectivity index (χ3v) is 1.23. The van der Waals surface area contributed by atoms with Gasteiger partial charge in [0, 0.05) is 5.41 Å². The Morgan fingerprint density at radius 3 is 1.88 bits per heavy atom. The van der Waals surface area contributed by atoms with Gasteiger partial charge in [0.2, 0.25) is 0 Å². The normalized spacial score (nSPS) is 9.88. The van der Waals surface area contributed by atoms with E-state index in [1.807, 2.05) is 20.8 Å². The van der Waals surface area contributed by atoms with Gasteiger partial charge in [0.1, 0.15) is 6.29 Å². The average molecular weight is 108 g/mol. The number of hydrogen-bond donors (Lipinski definition) is 0. The van der Waals surface area contributed by atoms with Crippen molar-refractivity contribution < 1.29 is 4.79 Å². The predicted molar refractivity (Wildman–Crippen MR) is 37.3 cm³/mol. The van der Waals surface area contributed by atoms with E-state index in [0.29, 0.717) is 0 Å². The van der Waals surface area contributed by atoms with E-state index in [1.165, 1.54) is 0 Å². The maximum atomic E-state index is 10.1. The first kappa shape index (κ1) is 11.1. The molecule has 0 aromatic heterocycles. The molecule has 0 atom stereocenters. The van der Waals surface area contributed by atoms with Crippen molar-refractivity contribution in [3.05, 3.63) is 0 Å². The van der Waals surface area contributed by atoms with Crippen LogP contribution in [0.5, 0.6) is 0 Å². The van der Waals surface area contributed by atoms with Crippen LogP contribution in [0.15, 0.2) is 0 Å². The number of rotatable bonds is 2. The van der Waals surface area contributed by atoms with Crippen molar-refractivity contribution in [1.29, 1.82) is 0 Å². The molecule has 0 heterocycles. The third-order valence-electron chi connectivity index (χ3n) is 1.23. The van der Waals surface area contributed by atoms with Gasteiger partial charge < -0.3 is 4.79 Å². The summed E-state index contributed by atoms with van der Waals surface area (Å²) in [7, 11) is 0. The molecule has 1 nitrogen and oxygen atoms in total. The Labute approximate surface area is 63.0 Å². The quantitative estimate of drug-likeness (QED) is 0.380. The standard InChI is InChI=1S/C6H12O.Li.H/c1-4-6(2,3)5-7;;/h5H,4H2,1-3H3;;. The second kappa shape index (κ2) is 4.18. The second-order valence-electron chi connectivity index (χ2n) is 2.46. The van der Waals surface area contributed by atoms with Crippen molar-refractivity contribution in [3.8, 4) is 0 Å². The molecule has 44 valence electrons. The molecule has 2 heteroatoms. The van der Waals surface area contributed by atoms with Crippen LogP contribution in [-0.4, -0.2) is 25.1 Å².